The van der Waals surface area contributed by atoms with Gasteiger partial charge in [-0.05, 0) is 0 Å². The van der Waals surface area contributed by atoms with Crippen molar-refractivity contribution in [2.45, 2.75) is 86.7 Å². The zero-order valence-corrected chi connectivity index (χ0v) is 17.1. The fourth-order valence-corrected chi connectivity index (χ4v) is 9.40. The van der Waals surface area contributed by atoms with Crippen molar-refractivity contribution in [2.75, 3.05) is 0 Å². The summed E-state index contributed by atoms with van der Waals surface area (Å²) in [5.74, 6) is -1.20. The molecule has 0 aromatic heterocycles. The van der Waals surface area contributed by atoms with E-state index in [1.54, 1.807) is 0 Å². The van der Waals surface area contributed by atoms with E-state index in [0.717, 1.165) is 5.32 Å². The van der Waals surface area contributed by atoms with Gasteiger partial charge >= 0.3 is 136 Å². The van der Waals surface area contributed by atoms with Crippen LogP contribution in [0.5, 0.6) is 0 Å². The monoisotopic (exact) mass is 428 g/mol. The van der Waals surface area contributed by atoms with Crippen LogP contribution in [0.1, 0.15) is 27.7 Å². The first-order valence-corrected chi connectivity index (χ1v) is 17.0. The summed E-state index contributed by atoms with van der Waals surface area (Å²) < 4.78 is 30.3. The van der Waals surface area contributed by atoms with Crippen LogP contribution < -0.4 is 0 Å². The summed E-state index contributed by atoms with van der Waals surface area (Å²) >= 11 is 0.0498. The van der Waals surface area contributed by atoms with Crippen LogP contribution in [-0.2, 0) is 23.7 Å². The van der Waals surface area contributed by atoms with Crippen molar-refractivity contribution in [2.24, 2.45) is 0 Å². The van der Waals surface area contributed by atoms with E-state index in [4.69, 9.17) is 23.7 Å². The molecule has 21 heavy (non-hydrogen) atoms. The molecular formula is C14H25AsO5Se. The topological polar surface area (TPSA) is 46.2 Å². The molecule has 0 amide bonds. The maximum absolute atomic E-state index is 6.19. The molecule has 5 unspecified atom stereocenters. The Morgan fingerprint density at radius 3 is 2.10 bits per heavy atom. The second kappa shape index (κ2) is 5.75. The van der Waals surface area contributed by atoms with Gasteiger partial charge < -0.3 is 0 Å². The first kappa shape index (κ1) is 16.7. The van der Waals surface area contributed by atoms with Crippen LogP contribution in [0.15, 0.2) is 0 Å². The fourth-order valence-electron chi connectivity index (χ4n) is 3.05. The Labute approximate surface area is 136 Å². The van der Waals surface area contributed by atoms with E-state index in [-0.39, 0.29) is 30.7 Å². The van der Waals surface area contributed by atoms with E-state index in [1.165, 1.54) is 0 Å². The SMILES string of the molecule is C[As](C)[Se]CC1OC2OC(C)(C)OC2C2OC(C)(C)OC12. The molecule has 3 aliphatic heterocycles. The van der Waals surface area contributed by atoms with Gasteiger partial charge in [0.05, 0.1) is 0 Å². The zero-order chi connectivity index (χ0) is 15.4. The standard InChI is InChI=1S/C14H25AsO5Se/c1-13(2)17-9-8(7-21-15(5)6)16-12-11(10(9)18-13)19-14(3,4)20-12/h8-12H,7H2,1-6H3. The molecule has 0 N–H and O–H groups in total. The molecule has 3 saturated heterocycles. The predicted molar refractivity (Wildman–Crippen MR) is 80.6 cm³/mol. The van der Waals surface area contributed by atoms with Gasteiger partial charge in [0.25, 0.3) is 0 Å². The minimum absolute atomic E-state index is 0.0467. The van der Waals surface area contributed by atoms with E-state index in [1.807, 2.05) is 27.7 Å². The van der Waals surface area contributed by atoms with Crippen molar-refractivity contribution in [3.05, 3.63) is 0 Å². The first-order chi connectivity index (χ1) is 9.67. The van der Waals surface area contributed by atoms with Crippen molar-refractivity contribution >= 4 is 25.7 Å². The van der Waals surface area contributed by atoms with Crippen LogP contribution in [0, 0.1) is 0 Å². The Hall–Kier alpha value is 0.878. The Bertz CT molecular complexity index is 403. The average Bonchev–Trinajstić information content (AvgIpc) is 2.80. The van der Waals surface area contributed by atoms with E-state index in [9.17, 15) is 0 Å². The molecule has 0 radical (unpaired) electrons. The molecule has 0 aromatic carbocycles. The van der Waals surface area contributed by atoms with Gasteiger partial charge in [-0.2, -0.15) is 0 Å². The van der Waals surface area contributed by atoms with E-state index >= 15 is 0 Å². The second-order valence-corrected chi connectivity index (χ2v) is 22.2. The summed E-state index contributed by atoms with van der Waals surface area (Å²) in [6, 6.07) is 0. The fraction of sp³-hybridized carbons (Fsp3) is 1.00. The van der Waals surface area contributed by atoms with Gasteiger partial charge in [0, 0.05) is 0 Å². The van der Waals surface area contributed by atoms with Gasteiger partial charge in [-0.25, -0.2) is 0 Å². The summed E-state index contributed by atoms with van der Waals surface area (Å²) in [4.78, 5) is 0. The number of hydrogen-bond acceptors (Lipinski definition) is 5. The van der Waals surface area contributed by atoms with Gasteiger partial charge in [-0.15, -0.1) is 0 Å². The number of hydrogen-bond donors (Lipinski definition) is 0. The van der Waals surface area contributed by atoms with Gasteiger partial charge in [0.2, 0.25) is 0 Å². The Kier molecular flexibility index (Phi) is 4.58. The van der Waals surface area contributed by atoms with E-state index in [2.05, 4.69) is 11.4 Å². The van der Waals surface area contributed by atoms with Crippen LogP contribution in [-0.4, -0.2) is 68.0 Å². The Morgan fingerprint density at radius 2 is 1.43 bits per heavy atom. The third-order valence-electron chi connectivity index (χ3n) is 3.75. The third kappa shape index (κ3) is 3.53. The molecule has 3 heterocycles. The van der Waals surface area contributed by atoms with Crippen LogP contribution in [0.3, 0.4) is 0 Å². The first-order valence-electron chi connectivity index (χ1n) is 7.34. The van der Waals surface area contributed by atoms with Crippen LogP contribution in [0.4, 0.5) is 0 Å². The quantitative estimate of drug-likeness (QED) is 0.643. The molecule has 0 saturated carbocycles. The summed E-state index contributed by atoms with van der Waals surface area (Å²) in [6.45, 7) is 7.76. The zero-order valence-electron chi connectivity index (χ0n) is 13.5. The number of ether oxygens (including phenoxy) is 5. The molecule has 7 heteroatoms. The molecular weight excluding hydrogens is 402 g/mol. The maximum atomic E-state index is 6.19. The van der Waals surface area contributed by atoms with Crippen molar-refractivity contribution < 1.29 is 23.7 Å². The molecule has 3 fully saturated rings. The molecule has 5 nitrogen and oxygen atoms in total. The number of fused-ring (bicyclic) bond motifs is 3. The van der Waals surface area contributed by atoms with Crippen molar-refractivity contribution in [3.8, 4) is 0 Å². The normalized spacial score (nSPS) is 43.9. The van der Waals surface area contributed by atoms with Gasteiger partial charge in [0.15, 0.2) is 0 Å². The van der Waals surface area contributed by atoms with Crippen LogP contribution >= 0.6 is 0 Å². The summed E-state index contributed by atoms with van der Waals surface area (Å²) in [5, 5.41) is 1.08. The minimum atomic E-state index is -0.622. The molecule has 0 bridgehead atoms. The number of rotatable bonds is 3. The molecule has 0 aromatic rings. The van der Waals surface area contributed by atoms with Crippen LogP contribution in [0.25, 0.3) is 0 Å². The average molecular weight is 427 g/mol. The van der Waals surface area contributed by atoms with E-state index in [0.29, 0.717) is 13.0 Å². The van der Waals surface area contributed by atoms with E-state index < -0.39 is 24.3 Å². The Morgan fingerprint density at radius 1 is 0.857 bits per heavy atom. The summed E-state index contributed by atoms with van der Waals surface area (Å²) in [7, 11) is 0. The van der Waals surface area contributed by atoms with Gasteiger partial charge in [0.1, 0.15) is 0 Å². The Balaban J connectivity index is 1.78. The molecule has 122 valence electrons. The van der Waals surface area contributed by atoms with Crippen LogP contribution in [0.2, 0.25) is 16.7 Å². The predicted octanol–water partition coefficient (Wildman–Crippen LogP) is 1.76. The van der Waals surface area contributed by atoms with Gasteiger partial charge in [-0.3, -0.25) is 0 Å². The third-order valence-corrected chi connectivity index (χ3v) is 13.1. The molecule has 3 rings (SSSR count). The summed E-state index contributed by atoms with van der Waals surface area (Å²) in [6.07, 6.45) is -0.625. The van der Waals surface area contributed by atoms with Gasteiger partial charge in [-0.1, -0.05) is 0 Å². The molecule has 3 aliphatic rings. The molecule has 5 atom stereocenters. The summed E-state index contributed by atoms with van der Waals surface area (Å²) in [5.41, 5.74) is 4.79. The van der Waals surface area contributed by atoms with Crippen molar-refractivity contribution in [1.29, 1.82) is 0 Å². The van der Waals surface area contributed by atoms with Crippen molar-refractivity contribution in [1.82, 2.24) is 0 Å². The molecule has 0 spiro atoms. The van der Waals surface area contributed by atoms with Crippen molar-refractivity contribution in [3.63, 3.8) is 0 Å². The molecule has 0 aliphatic carbocycles. The second-order valence-electron chi connectivity index (χ2n) is 6.82.